The van der Waals surface area contributed by atoms with E-state index in [1.54, 1.807) is 0 Å². The van der Waals surface area contributed by atoms with E-state index in [0.717, 1.165) is 12.8 Å². The van der Waals surface area contributed by atoms with Crippen LogP contribution in [-0.4, -0.2) is 10.5 Å². The van der Waals surface area contributed by atoms with Crippen molar-refractivity contribution in [2.75, 3.05) is 0 Å². The van der Waals surface area contributed by atoms with E-state index in [1.165, 1.54) is 16.4 Å². The van der Waals surface area contributed by atoms with Gasteiger partial charge >= 0.3 is 187 Å². The summed E-state index contributed by atoms with van der Waals surface area (Å²) < 4.78 is 14.4. The van der Waals surface area contributed by atoms with Crippen molar-refractivity contribution in [1.29, 1.82) is 0 Å². The first-order chi connectivity index (χ1) is 15.3. The Bertz CT molecular complexity index is 1110. The second-order valence-electron chi connectivity index (χ2n) is 8.71. The van der Waals surface area contributed by atoms with E-state index in [0.29, 0.717) is 10.5 Å². The Balaban J connectivity index is 0.00000245. The summed E-state index contributed by atoms with van der Waals surface area (Å²) in [6.45, 7) is 0. The molecule has 32 heavy (non-hydrogen) atoms. The molecule has 0 aliphatic heterocycles. The molecule has 0 N–H and O–H groups in total. The molecule has 1 nitrogen and oxygen atoms in total. The summed E-state index contributed by atoms with van der Waals surface area (Å²) in [4.78, 5) is 0. The molecule has 0 atom stereocenters. The van der Waals surface area contributed by atoms with E-state index in [1.807, 2.05) is 0 Å². The van der Waals surface area contributed by atoms with Crippen molar-refractivity contribution in [2.24, 2.45) is 0 Å². The van der Waals surface area contributed by atoms with Crippen LogP contribution < -0.4 is 9.81 Å². The SMILES string of the molecule is Cl.[SiH3][O][Zr]([C]1=CC=CC1)([C]1=CC=CC1)([c]1ccccc1)([c]1ccccc1)[c]1ccccc1. The zero-order valence-corrected chi connectivity index (χ0v) is 23.6. The molecule has 3 aromatic rings. The molecular formula is C28H29ClOSiZr. The van der Waals surface area contributed by atoms with Gasteiger partial charge in [0.25, 0.3) is 0 Å². The first-order valence-corrected chi connectivity index (χ1v) is 19.0. The number of halogens is 1. The summed E-state index contributed by atoms with van der Waals surface area (Å²) in [6, 6.07) is 33.4. The average molecular weight is 536 g/mol. The van der Waals surface area contributed by atoms with Crippen LogP contribution in [0.25, 0.3) is 0 Å². The van der Waals surface area contributed by atoms with Gasteiger partial charge in [-0.15, -0.1) is 12.4 Å². The predicted octanol–water partition coefficient (Wildman–Crippen LogP) is 4.51. The van der Waals surface area contributed by atoms with Crippen molar-refractivity contribution in [3.05, 3.63) is 134 Å². The zero-order chi connectivity index (χ0) is 21.3. The monoisotopic (exact) mass is 534 g/mol. The van der Waals surface area contributed by atoms with Crippen LogP contribution >= 0.6 is 12.4 Å². The van der Waals surface area contributed by atoms with Gasteiger partial charge in [0, 0.05) is 0 Å². The van der Waals surface area contributed by atoms with Gasteiger partial charge in [0.2, 0.25) is 0 Å². The average Bonchev–Trinajstić information content (AvgIpc) is 3.60. The zero-order valence-electron chi connectivity index (χ0n) is 18.4. The van der Waals surface area contributed by atoms with Crippen molar-refractivity contribution in [1.82, 2.24) is 0 Å². The van der Waals surface area contributed by atoms with Crippen LogP contribution in [0.3, 0.4) is 0 Å². The Morgan fingerprint density at radius 1 is 0.562 bits per heavy atom. The van der Waals surface area contributed by atoms with Crippen molar-refractivity contribution in [2.45, 2.75) is 12.8 Å². The normalized spacial score (nSPS) is 17.2. The van der Waals surface area contributed by atoms with Gasteiger partial charge in [-0.05, 0) is 0 Å². The second-order valence-corrected chi connectivity index (χ2v) is 28.2. The van der Waals surface area contributed by atoms with Crippen molar-refractivity contribution in [3.63, 3.8) is 0 Å². The fourth-order valence-electron chi connectivity index (χ4n) is 6.74. The summed E-state index contributed by atoms with van der Waals surface area (Å²) in [6.07, 6.45) is 15.6. The van der Waals surface area contributed by atoms with Crippen molar-refractivity contribution < 1.29 is 20.2 Å². The van der Waals surface area contributed by atoms with E-state index < -0.39 is 17.7 Å². The summed E-state index contributed by atoms with van der Waals surface area (Å²) in [7, 11) is 0.621. The van der Waals surface area contributed by atoms with Gasteiger partial charge in [-0.2, -0.15) is 0 Å². The molecule has 0 fully saturated rings. The van der Waals surface area contributed by atoms with Crippen LogP contribution in [0.5, 0.6) is 0 Å². The standard InChI is InChI=1S/3C6H5.2C5H5.ClH.H3OSi.Zr/c3*1-2-4-6-5-3-1;2*1-2-4-5-3-1;;1-2;/h3*1-5H;2*1-3H,4H2;1H;2H3;/q;;;;;;-1;+1. The van der Waals surface area contributed by atoms with Crippen molar-refractivity contribution >= 4 is 32.7 Å². The molecule has 2 aliphatic rings. The van der Waals surface area contributed by atoms with Crippen molar-refractivity contribution in [3.8, 4) is 0 Å². The third-order valence-electron chi connectivity index (χ3n) is 8.01. The Labute approximate surface area is 198 Å². The number of hydrogen-bond acceptors (Lipinski definition) is 1. The number of rotatable bonds is 6. The topological polar surface area (TPSA) is 9.23 Å². The van der Waals surface area contributed by atoms with Crippen LogP contribution in [0.2, 0.25) is 0 Å². The maximum absolute atomic E-state index is 7.56. The Hall–Kier alpha value is -2.03. The van der Waals surface area contributed by atoms with E-state index in [-0.39, 0.29) is 12.4 Å². The number of benzene rings is 3. The first-order valence-electron chi connectivity index (χ1n) is 11.0. The van der Waals surface area contributed by atoms with Gasteiger partial charge in [-0.25, -0.2) is 0 Å². The molecule has 0 bridgehead atoms. The van der Waals surface area contributed by atoms with E-state index in [4.69, 9.17) is 2.50 Å². The minimum atomic E-state index is -5.50. The summed E-state index contributed by atoms with van der Waals surface area (Å²) in [5, 5.41) is 0. The molecule has 3 aromatic carbocycles. The molecule has 0 spiro atoms. The molecule has 0 amide bonds. The molecular weight excluding hydrogens is 507 g/mol. The fraction of sp³-hybridized carbons (Fsp3) is 0.0714. The van der Waals surface area contributed by atoms with Gasteiger partial charge in [0.05, 0.1) is 0 Å². The Morgan fingerprint density at radius 3 is 1.16 bits per heavy atom. The summed E-state index contributed by atoms with van der Waals surface area (Å²) in [5.74, 6) is 0. The quantitative estimate of drug-likeness (QED) is 0.422. The molecule has 162 valence electrons. The van der Waals surface area contributed by atoms with E-state index in [9.17, 15) is 0 Å². The number of allylic oxidation sites excluding steroid dienone is 8. The molecule has 0 radical (unpaired) electrons. The van der Waals surface area contributed by atoms with Gasteiger partial charge in [-0.1, -0.05) is 0 Å². The minimum absolute atomic E-state index is 0. The molecule has 0 unspecified atom stereocenters. The van der Waals surface area contributed by atoms with Gasteiger partial charge in [-0.3, -0.25) is 0 Å². The third-order valence-corrected chi connectivity index (χ3v) is 38.7. The summed E-state index contributed by atoms with van der Waals surface area (Å²) >= 11 is -5.50. The predicted molar refractivity (Wildman–Crippen MR) is 140 cm³/mol. The molecule has 0 aromatic heterocycles. The van der Waals surface area contributed by atoms with Gasteiger partial charge in [0.1, 0.15) is 0 Å². The molecule has 5 rings (SSSR count). The Morgan fingerprint density at radius 2 is 0.906 bits per heavy atom. The van der Waals surface area contributed by atoms with Crippen LogP contribution in [-0.2, 0) is 20.2 Å². The molecule has 0 saturated heterocycles. The molecule has 0 heterocycles. The molecule has 0 saturated carbocycles. The van der Waals surface area contributed by atoms with E-state index >= 15 is 0 Å². The second kappa shape index (κ2) is 8.39. The van der Waals surface area contributed by atoms with Crippen LogP contribution in [0.1, 0.15) is 12.8 Å². The molecule has 2 aliphatic carbocycles. The maximum atomic E-state index is 7.56. The van der Waals surface area contributed by atoms with Crippen LogP contribution in [0.4, 0.5) is 0 Å². The third kappa shape index (κ3) is 2.46. The fourth-order valence-corrected chi connectivity index (χ4v) is 38.8. The summed E-state index contributed by atoms with van der Waals surface area (Å²) in [5.41, 5.74) is 0. The first kappa shape index (κ1) is 23.1. The molecule has 4 heteroatoms. The van der Waals surface area contributed by atoms with Crippen LogP contribution in [0.15, 0.2) is 134 Å². The van der Waals surface area contributed by atoms with Gasteiger partial charge < -0.3 is 0 Å². The Kier molecular flexibility index (Phi) is 6.07. The van der Waals surface area contributed by atoms with Gasteiger partial charge in [0.15, 0.2) is 0 Å². The van der Waals surface area contributed by atoms with Crippen LogP contribution in [0, 0.1) is 0 Å². The van der Waals surface area contributed by atoms with E-state index in [2.05, 4.69) is 127 Å². The number of hydrogen-bond donors (Lipinski definition) is 0.